The highest BCUT2D eigenvalue weighted by atomic mass is 16.5. The molecule has 8 heteroatoms. The highest BCUT2D eigenvalue weighted by molar-refractivity contribution is 6.01. The molecule has 0 aliphatic carbocycles. The molecule has 1 aromatic carbocycles. The molecule has 4 rings (SSSR count). The fourth-order valence-electron chi connectivity index (χ4n) is 3.89. The van der Waals surface area contributed by atoms with Gasteiger partial charge < -0.3 is 19.9 Å². The van der Waals surface area contributed by atoms with Crippen molar-refractivity contribution in [2.24, 2.45) is 12.0 Å². The van der Waals surface area contributed by atoms with Crippen molar-refractivity contribution < 1.29 is 9.53 Å². The minimum atomic E-state index is -0.0201. The fraction of sp³-hybridized carbons (Fsp3) is 0.476. The highest BCUT2D eigenvalue weighted by Crippen LogP contribution is 2.28. The number of aliphatic imine (C=N–C) groups is 1. The maximum absolute atomic E-state index is 12.4. The summed E-state index contributed by atoms with van der Waals surface area (Å²) in [4.78, 5) is 21.2. The Labute approximate surface area is 171 Å². The van der Waals surface area contributed by atoms with E-state index >= 15 is 0 Å². The van der Waals surface area contributed by atoms with Crippen LogP contribution in [0.1, 0.15) is 24.2 Å². The molecule has 0 radical (unpaired) electrons. The number of anilines is 1. The van der Waals surface area contributed by atoms with Gasteiger partial charge in [-0.2, -0.15) is 5.10 Å². The quantitative estimate of drug-likeness (QED) is 0.610. The van der Waals surface area contributed by atoms with E-state index in [1.807, 2.05) is 48.6 Å². The van der Waals surface area contributed by atoms with Crippen LogP contribution in [0.15, 0.2) is 41.7 Å². The summed E-state index contributed by atoms with van der Waals surface area (Å²) < 4.78 is 7.74. The Morgan fingerprint density at radius 1 is 1.38 bits per heavy atom. The van der Waals surface area contributed by atoms with Gasteiger partial charge in [0.2, 0.25) is 5.91 Å². The summed E-state index contributed by atoms with van der Waals surface area (Å²) in [5.74, 6) is 1.01. The van der Waals surface area contributed by atoms with Gasteiger partial charge in [-0.3, -0.25) is 14.5 Å². The predicted octanol–water partition coefficient (Wildman–Crippen LogP) is 1.35. The number of morpholine rings is 1. The monoisotopic (exact) mass is 396 g/mol. The average Bonchev–Trinajstić information content (AvgIpc) is 3.30. The van der Waals surface area contributed by atoms with E-state index in [1.54, 1.807) is 4.68 Å². The Balaban J connectivity index is 1.42. The number of hydrogen-bond donors (Lipinski definition) is 1. The molecule has 1 fully saturated rings. The maximum Gasteiger partial charge on any atom is 0.231 e. The number of rotatable bonds is 5. The van der Waals surface area contributed by atoms with Crippen molar-refractivity contribution in [3.8, 4) is 0 Å². The van der Waals surface area contributed by atoms with Crippen LogP contribution in [0.2, 0.25) is 0 Å². The molecule has 1 aromatic heterocycles. The van der Waals surface area contributed by atoms with Crippen LogP contribution in [-0.2, 0) is 23.0 Å². The summed E-state index contributed by atoms with van der Waals surface area (Å²) in [7, 11) is 1.91. The minimum absolute atomic E-state index is 0.0201. The topological polar surface area (TPSA) is 75.0 Å². The van der Waals surface area contributed by atoms with E-state index in [2.05, 4.69) is 22.2 Å². The summed E-state index contributed by atoms with van der Waals surface area (Å²) in [6.07, 6.45) is 4.31. The first-order valence-corrected chi connectivity index (χ1v) is 10.2. The van der Waals surface area contributed by atoms with Crippen molar-refractivity contribution in [1.29, 1.82) is 0 Å². The summed E-state index contributed by atoms with van der Waals surface area (Å²) in [5, 5.41) is 7.63. The zero-order valence-electron chi connectivity index (χ0n) is 17.0. The number of fused-ring (bicyclic) bond motifs is 1. The van der Waals surface area contributed by atoms with E-state index in [1.165, 1.54) is 0 Å². The summed E-state index contributed by atoms with van der Waals surface area (Å²) in [6.45, 7) is 6.14. The normalized spacial score (nSPS) is 19.6. The third-order valence-electron chi connectivity index (χ3n) is 5.31. The Kier molecular flexibility index (Phi) is 5.80. The second kappa shape index (κ2) is 8.65. The van der Waals surface area contributed by atoms with E-state index < -0.39 is 0 Å². The molecule has 8 nitrogen and oxygen atoms in total. The third kappa shape index (κ3) is 4.27. The van der Waals surface area contributed by atoms with Gasteiger partial charge in [-0.05, 0) is 18.6 Å². The van der Waals surface area contributed by atoms with E-state index in [0.29, 0.717) is 26.1 Å². The van der Waals surface area contributed by atoms with Crippen molar-refractivity contribution in [2.75, 3.05) is 44.2 Å². The number of aryl methyl sites for hydroxylation is 1. The Hall–Kier alpha value is -2.87. The van der Waals surface area contributed by atoms with Gasteiger partial charge in [0, 0.05) is 44.1 Å². The van der Waals surface area contributed by atoms with E-state index in [-0.39, 0.29) is 12.0 Å². The fourth-order valence-corrected chi connectivity index (χ4v) is 3.89. The summed E-state index contributed by atoms with van der Waals surface area (Å²) >= 11 is 0. The van der Waals surface area contributed by atoms with Crippen LogP contribution >= 0.6 is 0 Å². The number of guanidine groups is 1. The van der Waals surface area contributed by atoms with Crippen LogP contribution in [0.3, 0.4) is 0 Å². The molecule has 1 amide bonds. The van der Waals surface area contributed by atoms with Crippen LogP contribution in [0, 0.1) is 0 Å². The van der Waals surface area contributed by atoms with Crippen molar-refractivity contribution >= 4 is 17.6 Å². The molecule has 1 saturated heterocycles. The molecule has 1 N–H and O–H groups in total. The lowest BCUT2D eigenvalue weighted by atomic mass is 10.1. The van der Waals surface area contributed by atoms with Crippen molar-refractivity contribution in [3.05, 3.63) is 47.8 Å². The molecule has 1 atom stereocenters. The van der Waals surface area contributed by atoms with Crippen LogP contribution in [0.5, 0.6) is 0 Å². The zero-order valence-corrected chi connectivity index (χ0v) is 17.0. The smallest absolute Gasteiger partial charge is 0.231 e. The third-order valence-corrected chi connectivity index (χ3v) is 5.31. The molecule has 154 valence electrons. The first-order valence-electron chi connectivity index (χ1n) is 10.2. The standard InChI is InChI=1S/C21H28N6O2/c1-3-22-21(26-10-11-29-19(15-26)17-13-24-25(2)14-17)23-8-9-27-18-7-5-4-6-16(18)12-20(27)28/h4-7,13-14,19H,3,8-12,15H2,1-2H3,(H,22,23). The van der Waals surface area contributed by atoms with Gasteiger partial charge in [0.05, 0.1) is 32.3 Å². The number of hydrogen-bond acceptors (Lipinski definition) is 4. The van der Waals surface area contributed by atoms with Gasteiger partial charge in [-0.25, -0.2) is 0 Å². The average molecular weight is 396 g/mol. The number of carbonyl (C=O) groups excluding carboxylic acids is 1. The highest BCUT2D eigenvalue weighted by Gasteiger charge is 2.27. The SMILES string of the molecule is CCNC(=NCCN1C(=O)Cc2ccccc21)N1CCOC(c2cnn(C)c2)C1. The molecule has 0 saturated carbocycles. The zero-order chi connectivity index (χ0) is 20.2. The number of benzene rings is 1. The lowest BCUT2D eigenvalue weighted by molar-refractivity contribution is -0.117. The predicted molar refractivity (Wildman–Crippen MR) is 112 cm³/mol. The second-order valence-corrected chi connectivity index (χ2v) is 7.34. The largest absolute Gasteiger partial charge is 0.370 e. The van der Waals surface area contributed by atoms with E-state index in [4.69, 9.17) is 9.73 Å². The number of aromatic nitrogens is 2. The number of ether oxygens (including phenoxy) is 1. The number of nitrogens with one attached hydrogen (secondary N) is 1. The molecule has 1 unspecified atom stereocenters. The number of para-hydroxylation sites is 1. The first-order chi connectivity index (χ1) is 14.2. The molecular weight excluding hydrogens is 368 g/mol. The van der Waals surface area contributed by atoms with Crippen LogP contribution in [0.4, 0.5) is 5.69 Å². The van der Waals surface area contributed by atoms with E-state index in [0.717, 1.165) is 42.4 Å². The molecule has 0 spiro atoms. The molecule has 3 heterocycles. The lowest BCUT2D eigenvalue weighted by Gasteiger charge is -2.35. The number of amides is 1. The van der Waals surface area contributed by atoms with Gasteiger partial charge in [-0.15, -0.1) is 0 Å². The molecule has 2 aromatic rings. The van der Waals surface area contributed by atoms with Crippen molar-refractivity contribution in [3.63, 3.8) is 0 Å². The molecule has 29 heavy (non-hydrogen) atoms. The molecular formula is C21H28N6O2. The van der Waals surface area contributed by atoms with Crippen LogP contribution < -0.4 is 10.2 Å². The summed E-state index contributed by atoms with van der Waals surface area (Å²) in [6, 6.07) is 7.99. The van der Waals surface area contributed by atoms with Crippen LogP contribution in [-0.4, -0.2) is 65.9 Å². The second-order valence-electron chi connectivity index (χ2n) is 7.34. The van der Waals surface area contributed by atoms with Crippen molar-refractivity contribution in [2.45, 2.75) is 19.4 Å². The number of carbonyl (C=O) groups is 1. The lowest BCUT2D eigenvalue weighted by Crippen LogP contribution is -2.48. The maximum atomic E-state index is 12.4. The van der Waals surface area contributed by atoms with Gasteiger partial charge >= 0.3 is 0 Å². The van der Waals surface area contributed by atoms with E-state index in [9.17, 15) is 4.79 Å². The van der Waals surface area contributed by atoms with Gasteiger partial charge in [0.25, 0.3) is 0 Å². The molecule has 0 bridgehead atoms. The van der Waals surface area contributed by atoms with Crippen LogP contribution in [0.25, 0.3) is 0 Å². The number of nitrogens with zero attached hydrogens (tertiary/aromatic N) is 5. The minimum Gasteiger partial charge on any atom is -0.370 e. The van der Waals surface area contributed by atoms with Crippen molar-refractivity contribution in [1.82, 2.24) is 20.0 Å². The summed E-state index contributed by atoms with van der Waals surface area (Å²) in [5.41, 5.74) is 3.19. The Morgan fingerprint density at radius 2 is 2.24 bits per heavy atom. The van der Waals surface area contributed by atoms with Gasteiger partial charge in [0.15, 0.2) is 5.96 Å². The first kappa shape index (κ1) is 19.4. The molecule has 2 aliphatic heterocycles. The Morgan fingerprint density at radius 3 is 3.03 bits per heavy atom. The van der Waals surface area contributed by atoms with Gasteiger partial charge in [0.1, 0.15) is 6.10 Å². The molecule has 2 aliphatic rings. The van der Waals surface area contributed by atoms with Gasteiger partial charge in [-0.1, -0.05) is 18.2 Å². The Bertz CT molecular complexity index is 893.